The summed E-state index contributed by atoms with van der Waals surface area (Å²) in [5.41, 5.74) is -2.30. The second-order valence-corrected chi connectivity index (χ2v) is 3.80. The van der Waals surface area contributed by atoms with Gasteiger partial charge in [-0.1, -0.05) is 12.1 Å². The van der Waals surface area contributed by atoms with Crippen LogP contribution in [-0.2, 0) is 6.42 Å². The fraction of sp³-hybridized carbons (Fsp3) is 0.455. The van der Waals surface area contributed by atoms with Crippen molar-refractivity contribution in [1.82, 2.24) is 0 Å². The molecule has 0 amide bonds. The number of hydrogen-bond acceptors (Lipinski definition) is 2. The highest BCUT2D eigenvalue weighted by Crippen LogP contribution is 2.32. The maximum Gasteiger partial charge on any atom is 0.417 e. The van der Waals surface area contributed by atoms with Gasteiger partial charge in [0.15, 0.2) is 5.60 Å². The fourth-order valence-electron chi connectivity index (χ4n) is 1.24. The van der Waals surface area contributed by atoms with Crippen LogP contribution >= 0.6 is 0 Å². The summed E-state index contributed by atoms with van der Waals surface area (Å²) in [6, 6.07) is 6.11. The van der Waals surface area contributed by atoms with Gasteiger partial charge in [-0.2, -0.15) is 13.2 Å². The molecule has 5 heteroatoms. The lowest BCUT2D eigenvalue weighted by molar-refractivity contribution is -0.252. The van der Waals surface area contributed by atoms with Gasteiger partial charge in [-0.05, 0) is 24.6 Å². The quantitative estimate of drug-likeness (QED) is 0.870. The molecular formula is C11H13F3O2. The first kappa shape index (κ1) is 12.8. The van der Waals surface area contributed by atoms with Gasteiger partial charge in [0.1, 0.15) is 5.75 Å². The lowest BCUT2D eigenvalue weighted by Crippen LogP contribution is -2.44. The molecule has 90 valence electrons. The van der Waals surface area contributed by atoms with Crippen molar-refractivity contribution in [3.05, 3.63) is 29.8 Å². The highest BCUT2D eigenvalue weighted by Gasteiger charge is 2.49. The van der Waals surface area contributed by atoms with Crippen LogP contribution in [0.5, 0.6) is 5.75 Å². The third-order valence-electron chi connectivity index (χ3n) is 2.32. The van der Waals surface area contributed by atoms with E-state index in [-0.39, 0.29) is 0 Å². The molecule has 0 aliphatic heterocycles. The number of hydrogen-bond donors (Lipinski definition) is 1. The van der Waals surface area contributed by atoms with Gasteiger partial charge in [-0.25, -0.2) is 0 Å². The number of methoxy groups -OCH3 is 1. The molecule has 1 atom stereocenters. The van der Waals surface area contributed by atoms with Gasteiger partial charge in [0.2, 0.25) is 0 Å². The van der Waals surface area contributed by atoms with E-state index in [1.165, 1.54) is 19.2 Å². The van der Waals surface area contributed by atoms with Gasteiger partial charge >= 0.3 is 6.18 Å². The molecule has 0 spiro atoms. The van der Waals surface area contributed by atoms with E-state index in [9.17, 15) is 18.3 Å². The zero-order valence-electron chi connectivity index (χ0n) is 9.01. The number of ether oxygens (including phenoxy) is 1. The van der Waals surface area contributed by atoms with Crippen molar-refractivity contribution in [1.29, 1.82) is 0 Å². The minimum Gasteiger partial charge on any atom is -0.497 e. The number of benzene rings is 1. The Morgan fingerprint density at radius 1 is 1.19 bits per heavy atom. The minimum atomic E-state index is -4.63. The SMILES string of the molecule is COc1ccc(CC(C)(O)C(F)(F)F)cc1. The third-order valence-corrected chi connectivity index (χ3v) is 2.32. The van der Waals surface area contributed by atoms with Crippen LogP contribution < -0.4 is 4.74 Å². The van der Waals surface area contributed by atoms with E-state index in [0.29, 0.717) is 11.3 Å². The van der Waals surface area contributed by atoms with Gasteiger partial charge in [-0.15, -0.1) is 0 Å². The van der Waals surface area contributed by atoms with Gasteiger partial charge in [0.05, 0.1) is 7.11 Å². The second kappa shape index (κ2) is 4.33. The van der Waals surface area contributed by atoms with E-state index >= 15 is 0 Å². The molecule has 1 unspecified atom stereocenters. The Hall–Kier alpha value is -1.23. The van der Waals surface area contributed by atoms with Crippen molar-refractivity contribution in [2.45, 2.75) is 25.1 Å². The Morgan fingerprint density at radius 3 is 2.06 bits per heavy atom. The summed E-state index contributed by atoms with van der Waals surface area (Å²) in [5.74, 6) is 0.565. The van der Waals surface area contributed by atoms with Crippen LogP contribution in [0.3, 0.4) is 0 Å². The molecule has 0 saturated carbocycles. The molecule has 0 fully saturated rings. The molecule has 2 nitrogen and oxygen atoms in total. The van der Waals surface area contributed by atoms with Crippen LogP contribution in [0.15, 0.2) is 24.3 Å². The molecule has 1 rings (SSSR count). The molecule has 1 aromatic rings. The van der Waals surface area contributed by atoms with Gasteiger partial charge in [-0.3, -0.25) is 0 Å². The number of alkyl halides is 3. The molecule has 0 aromatic heterocycles. The standard InChI is InChI=1S/C11H13F3O2/c1-10(15,11(12,13)14)7-8-3-5-9(16-2)6-4-8/h3-6,15H,7H2,1-2H3. The van der Waals surface area contributed by atoms with Crippen molar-refractivity contribution < 1.29 is 23.0 Å². The average molecular weight is 234 g/mol. The number of rotatable bonds is 3. The van der Waals surface area contributed by atoms with Crippen molar-refractivity contribution in [2.24, 2.45) is 0 Å². The topological polar surface area (TPSA) is 29.5 Å². The summed E-state index contributed by atoms with van der Waals surface area (Å²) in [4.78, 5) is 0. The van der Waals surface area contributed by atoms with Gasteiger partial charge in [0.25, 0.3) is 0 Å². The molecule has 0 heterocycles. The maximum absolute atomic E-state index is 12.4. The van der Waals surface area contributed by atoms with Crippen molar-refractivity contribution in [3.63, 3.8) is 0 Å². The summed E-state index contributed by atoms with van der Waals surface area (Å²) in [6.45, 7) is 0.761. The van der Waals surface area contributed by atoms with E-state index in [1.807, 2.05) is 0 Å². The largest absolute Gasteiger partial charge is 0.497 e. The predicted molar refractivity (Wildman–Crippen MR) is 53.4 cm³/mol. The highest BCUT2D eigenvalue weighted by atomic mass is 19.4. The van der Waals surface area contributed by atoms with Gasteiger partial charge < -0.3 is 9.84 Å². The van der Waals surface area contributed by atoms with Crippen molar-refractivity contribution in [3.8, 4) is 5.75 Å². The normalized spacial score (nSPS) is 15.6. The Bertz CT molecular complexity index is 341. The van der Waals surface area contributed by atoms with Crippen LogP contribution in [0.1, 0.15) is 12.5 Å². The Labute approximate surface area is 91.7 Å². The monoisotopic (exact) mass is 234 g/mol. The molecule has 0 aliphatic rings. The third kappa shape index (κ3) is 2.88. The number of aliphatic hydroxyl groups is 1. The molecule has 0 saturated heterocycles. The smallest absolute Gasteiger partial charge is 0.417 e. The Morgan fingerprint density at radius 2 is 1.69 bits per heavy atom. The zero-order chi connectivity index (χ0) is 12.4. The first-order valence-corrected chi connectivity index (χ1v) is 4.68. The van der Waals surface area contributed by atoms with Crippen molar-refractivity contribution >= 4 is 0 Å². The van der Waals surface area contributed by atoms with E-state index in [0.717, 1.165) is 6.92 Å². The van der Waals surface area contributed by atoms with Crippen LogP contribution in [-0.4, -0.2) is 24.0 Å². The van der Waals surface area contributed by atoms with E-state index < -0.39 is 18.2 Å². The maximum atomic E-state index is 12.4. The van der Waals surface area contributed by atoms with Crippen LogP contribution in [0.4, 0.5) is 13.2 Å². The lowest BCUT2D eigenvalue weighted by Gasteiger charge is -2.26. The second-order valence-electron chi connectivity index (χ2n) is 3.80. The molecule has 0 bridgehead atoms. The molecule has 16 heavy (non-hydrogen) atoms. The summed E-state index contributed by atoms with van der Waals surface area (Å²) in [6.07, 6.45) is -5.10. The van der Waals surface area contributed by atoms with Crippen LogP contribution in [0.25, 0.3) is 0 Å². The average Bonchev–Trinajstić information content (AvgIpc) is 2.16. The van der Waals surface area contributed by atoms with Crippen LogP contribution in [0.2, 0.25) is 0 Å². The molecule has 1 aromatic carbocycles. The summed E-state index contributed by atoms with van der Waals surface area (Å²) >= 11 is 0. The Kier molecular flexibility index (Phi) is 3.48. The van der Waals surface area contributed by atoms with E-state index in [4.69, 9.17) is 4.74 Å². The molecule has 0 radical (unpaired) electrons. The fourth-order valence-corrected chi connectivity index (χ4v) is 1.24. The lowest BCUT2D eigenvalue weighted by atomic mass is 9.96. The first-order valence-electron chi connectivity index (χ1n) is 4.68. The van der Waals surface area contributed by atoms with E-state index in [2.05, 4.69) is 0 Å². The first-order chi connectivity index (χ1) is 7.26. The number of halogens is 3. The summed E-state index contributed by atoms with van der Waals surface area (Å²) in [7, 11) is 1.47. The molecule has 0 aliphatic carbocycles. The highest BCUT2D eigenvalue weighted by molar-refractivity contribution is 5.28. The zero-order valence-corrected chi connectivity index (χ0v) is 9.01. The molecular weight excluding hydrogens is 221 g/mol. The summed E-state index contributed by atoms with van der Waals surface area (Å²) < 4.78 is 42.1. The minimum absolute atomic E-state index is 0.406. The predicted octanol–water partition coefficient (Wildman–Crippen LogP) is 2.55. The van der Waals surface area contributed by atoms with E-state index in [1.54, 1.807) is 12.1 Å². The Balaban J connectivity index is 2.80. The molecule has 1 N–H and O–H groups in total. The van der Waals surface area contributed by atoms with Crippen LogP contribution in [0, 0.1) is 0 Å². The van der Waals surface area contributed by atoms with Crippen molar-refractivity contribution in [2.75, 3.05) is 7.11 Å². The summed E-state index contributed by atoms with van der Waals surface area (Å²) in [5, 5.41) is 9.27. The van der Waals surface area contributed by atoms with Gasteiger partial charge in [0, 0.05) is 6.42 Å².